The molecule has 8 nitrogen and oxygen atoms in total. The molecular formula is C20H17N3O5. The number of Topliss-reactive ketones (excluding diaryl/α,β-unsaturated/α-hetero) is 1. The van der Waals surface area contributed by atoms with Gasteiger partial charge in [-0.1, -0.05) is 0 Å². The molecule has 2 aliphatic rings. The van der Waals surface area contributed by atoms with Gasteiger partial charge in [0.1, 0.15) is 0 Å². The third-order valence-corrected chi connectivity index (χ3v) is 4.91. The highest BCUT2D eigenvalue weighted by molar-refractivity contribution is 5.96. The number of nitrogens with one attached hydrogen (secondary N) is 1. The van der Waals surface area contributed by atoms with Gasteiger partial charge >= 0.3 is 0 Å². The first-order valence-electron chi connectivity index (χ1n) is 8.74. The molecular weight excluding hydrogens is 362 g/mol. The largest absolute Gasteiger partial charge is 0.454 e. The first-order chi connectivity index (χ1) is 13.6. The van der Waals surface area contributed by atoms with Crippen molar-refractivity contribution in [2.45, 2.75) is 6.54 Å². The molecule has 0 aliphatic carbocycles. The Labute approximate surface area is 160 Å². The van der Waals surface area contributed by atoms with Gasteiger partial charge in [-0.2, -0.15) is 0 Å². The summed E-state index contributed by atoms with van der Waals surface area (Å²) in [5, 5.41) is 8.37. The van der Waals surface area contributed by atoms with Crippen LogP contribution in [-0.4, -0.2) is 28.5 Å². The van der Waals surface area contributed by atoms with E-state index in [0.29, 0.717) is 28.6 Å². The Kier molecular flexibility index (Phi) is 3.65. The van der Waals surface area contributed by atoms with Gasteiger partial charge in [0.15, 0.2) is 28.8 Å². The van der Waals surface area contributed by atoms with E-state index in [4.69, 9.17) is 24.4 Å². The Morgan fingerprint density at radius 2 is 1.61 bits per heavy atom. The number of benzene rings is 2. The molecule has 0 bridgehead atoms. The van der Waals surface area contributed by atoms with E-state index in [1.165, 1.54) is 0 Å². The predicted molar refractivity (Wildman–Crippen MR) is 97.7 cm³/mol. The van der Waals surface area contributed by atoms with Crippen LogP contribution in [0.25, 0.3) is 11.3 Å². The number of carbonyl (C=O) groups is 1. The van der Waals surface area contributed by atoms with Crippen molar-refractivity contribution in [3.63, 3.8) is 0 Å². The number of nitrogens with zero attached hydrogens (tertiary/aromatic N) is 2. The van der Waals surface area contributed by atoms with Gasteiger partial charge in [-0.3, -0.25) is 10.2 Å². The molecule has 0 unspecified atom stereocenters. The van der Waals surface area contributed by atoms with E-state index in [1.807, 2.05) is 18.2 Å². The lowest BCUT2D eigenvalue weighted by Gasteiger charge is -2.04. The molecule has 0 spiro atoms. The quantitative estimate of drug-likeness (QED) is 0.703. The van der Waals surface area contributed by atoms with E-state index < -0.39 is 0 Å². The standard InChI is InChI=1S/C20H17N3O5/c1-22-14(12-2-4-16-18(6-12)27-10-25-16)8-23(20(22)21)9-15(24)13-3-5-17-19(7-13)28-11-26-17/h2-8,21H,9-11H2,1H3. The molecule has 0 atom stereocenters. The van der Waals surface area contributed by atoms with Gasteiger partial charge in [0.25, 0.3) is 0 Å². The molecule has 2 aliphatic heterocycles. The summed E-state index contributed by atoms with van der Waals surface area (Å²) < 4.78 is 24.7. The number of hydrogen-bond acceptors (Lipinski definition) is 6. The van der Waals surface area contributed by atoms with Crippen LogP contribution in [0.1, 0.15) is 10.4 Å². The highest BCUT2D eigenvalue weighted by atomic mass is 16.7. The van der Waals surface area contributed by atoms with Crippen molar-refractivity contribution in [3.8, 4) is 34.3 Å². The summed E-state index contributed by atoms with van der Waals surface area (Å²) in [4.78, 5) is 12.7. The molecule has 8 heteroatoms. The van der Waals surface area contributed by atoms with Gasteiger partial charge in [0.2, 0.25) is 19.2 Å². The average molecular weight is 379 g/mol. The van der Waals surface area contributed by atoms with E-state index in [0.717, 1.165) is 11.3 Å². The molecule has 0 fully saturated rings. The molecule has 2 aromatic carbocycles. The fraction of sp³-hybridized carbons (Fsp3) is 0.200. The SMILES string of the molecule is Cn1c(-c2ccc3c(c2)OCO3)cn(CC(=O)c2ccc3c(c2)OCO3)c1=N. The molecule has 3 aromatic rings. The molecule has 0 radical (unpaired) electrons. The lowest BCUT2D eigenvalue weighted by Crippen LogP contribution is -2.25. The number of ether oxygens (including phenoxy) is 4. The summed E-state index contributed by atoms with van der Waals surface area (Å²) in [7, 11) is 1.80. The van der Waals surface area contributed by atoms with Crippen molar-refractivity contribution in [2.75, 3.05) is 13.6 Å². The van der Waals surface area contributed by atoms with Gasteiger partial charge in [0.05, 0.1) is 12.2 Å². The van der Waals surface area contributed by atoms with Crippen molar-refractivity contribution in [1.29, 1.82) is 5.41 Å². The molecule has 1 N–H and O–H groups in total. The fourth-order valence-electron chi connectivity index (χ4n) is 3.36. The number of hydrogen-bond donors (Lipinski definition) is 1. The second-order valence-electron chi connectivity index (χ2n) is 6.58. The number of carbonyl (C=O) groups excluding carboxylic acids is 1. The van der Waals surface area contributed by atoms with Gasteiger partial charge in [0, 0.05) is 24.4 Å². The minimum absolute atomic E-state index is 0.0524. The zero-order valence-corrected chi connectivity index (χ0v) is 15.1. The van der Waals surface area contributed by atoms with Crippen LogP contribution >= 0.6 is 0 Å². The number of imidazole rings is 1. The Morgan fingerprint density at radius 3 is 2.36 bits per heavy atom. The van der Waals surface area contributed by atoms with E-state index in [2.05, 4.69) is 0 Å². The van der Waals surface area contributed by atoms with Crippen molar-refractivity contribution < 1.29 is 23.7 Å². The minimum atomic E-state index is -0.111. The van der Waals surface area contributed by atoms with E-state index in [-0.39, 0.29) is 31.5 Å². The zero-order chi connectivity index (χ0) is 19.3. The van der Waals surface area contributed by atoms with E-state index in [9.17, 15) is 4.79 Å². The van der Waals surface area contributed by atoms with Gasteiger partial charge in [-0.05, 0) is 36.4 Å². The molecule has 1 aromatic heterocycles. The Bertz CT molecular complexity index is 1160. The molecule has 3 heterocycles. The molecule has 0 saturated heterocycles. The maximum atomic E-state index is 12.7. The Balaban J connectivity index is 1.44. The topological polar surface area (TPSA) is 87.7 Å². The number of aromatic nitrogens is 2. The van der Waals surface area contributed by atoms with Crippen LogP contribution in [0.2, 0.25) is 0 Å². The molecule has 0 amide bonds. The molecule has 0 saturated carbocycles. The Morgan fingerprint density at radius 1 is 0.964 bits per heavy atom. The fourth-order valence-corrected chi connectivity index (χ4v) is 3.36. The van der Waals surface area contributed by atoms with Gasteiger partial charge < -0.3 is 28.1 Å². The molecule has 142 valence electrons. The highest BCUT2D eigenvalue weighted by Gasteiger charge is 2.19. The smallest absolute Gasteiger partial charge is 0.231 e. The first-order valence-corrected chi connectivity index (χ1v) is 8.74. The lowest BCUT2D eigenvalue weighted by atomic mass is 10.1. The predicted octanol–water partition coefficient (Wildman–Crippen LogP) is 2.31. The number of ketones is 1. The average Bonchev–Trinajstić information content (AvgIpc) is 3.42. The third-order valence-electron chi connectivity index (χ3n) is 4.91. The van der Waals surface area contributed by atoms with Crippen LogP contribution in [0.4, 0.5) is 0 Å². The van der Waals surface area contributed by atoms with Crippen LogP contribution in [0.15, 0.2) is 42.6 Å². The maximum Gasteiger partial charge on any atom is 0.231 e. The molecule has 28 heavy (non-hydrogen) atoms. The highest BCUT2D eigenvalue weighted by Crippen LogP contribution is 2.36. The normalized spacial score (nSPS) is 13.8. The van der Waals surface area contributed by atoms with Crippen molar-refractivity contribution >= 4 is 5.78 Å². The maximum absolute atomic E-state index is 12.7. The van der Waals surface area contributed by atoms with E-state index in [1.54, 1.807) is 40.6 Å². The molecule has 5 rings (SSSR count). The van der Waals surface area contributed by atoms with Crippen molar-refractivity contribution in [3.05, 3.63) is 53.8 Å². The van der Waals surface area contributed by atoms with E-state index >= 15 is 0 Å². The second-order valence-corrected chi connectivity index (χ2v) is 6.58. The summed E-state index contributed by atoms with van der Waals surface area (Å²) in [6, 6.07) is 10.7. The summed E-state index contributed by atoms with van der Waals surface area (Å²) in [6.07, 6.45) is 1.80. The van der Waals surface area contributed by atoms with Crippen LogP contribution < -0.4 is 24.6 Å². The minimum Gasteiger partial charge on any atom is -0.454 e. The summed E-state index contributed by atoms with van der Waals surface area (Å²) in [6.45, 7) is 0.423. The van der Waals surface area contributed by atoms with Crippen molar-refractivity contribution in [2.24, 2.45) is 7.05 Å². The monoisotopic (exact) mass is 379 g/mol. The van der Waals surface area contributed by atoms with Gasteiger partial charge in [-0.25, -0.2) is 0 Å². The van der Waals surface area contributed by atoms with Crippen LogP contribution in [0.5, 0.6) is 23.0 Å². The number of rotatable bonds is 4. The van der Waals surface area contributed by atoms with Gasteiger partial charge in [-0.15, -0.1) is 0 Å². The van der Waals surface area contributed by atoms with Crippen LogP contribution in [0.3, 0.4) is 0 Å². The van der Waals surface area contributed by atoms with Crippen LogP contribution in [0, 0.1) is 5.41 Å². The lowest BCUT2D eigenvalue weighted by molar-refractivity contribution is 0.0969. The first kappa shape index (κ1) is 16.5. The second kappa shape index (κ2) is 6.19. The van der Waals surface area contributed by atoms with Crippen molar-refractivity contribution in [1.82, 2.24) is 9.13 Å². The number of fused-ring (bicyclic) bond motifs is 2. The zero-order valence-electron chi connectivity index (χ0n) is 15.1. The van der Waals surface area contributed by atoms with Crippen LogP contribution in [-0.2, 0) is 13.6 Å². The summed E-state index contributed by atoms with van der Waals surface area (Å²) >= 11 is 0. The third kappa shape index (κ3) is 2.61. The summed E-state index contributed by atoms with van der Waals surface area (Å²) in [5.74, 6) is 2.47. The Hall–Kier alpha value is -3.68. The summed E-state index contributed by atoms with van der Waals surface area (Å²) in [5.41, 5.74) is 2.43.